The summed E-state index contributed by atoms with van der Waals surface area (Å²) in [5.74, 6) is -0.143. The van der Waals surface area contributed by atoms with E-state index in [9.17, 15) is 24.4 Å². The van der Waals surface area contributed by atoms with Crippen molar-refractivity contribution in [2.45, 2.75) is 118 Å². The second-order valence-corrected chi connectivity index (χ2v) is 15.0. The van der Waals surface area contributed by atoms with E-state index in [4.69, 9.17) is 24.2 Å². The van der Waals surface area contributed by atoms with Gasteiger partial charge in [-0.2, -0.15) is 10.5 Å². The second kappa shape index (κ2) is 24.2. The Labute approximate surface area is 326 Å². The van der Waals surface area contributed by atoms with Crippen molar-refractivity contribution in [3.63, 3.8) is 0 Å². The van der Waals surface area contributed by atoms with E-state index in [-0.39, 0.29) is 44.4 Å². The van der Waals surface area contributed by atoms with E-state index in [1.807, 2.05) is 62.9 Å². The Morgan fingerprint density at radius 2 is 1.35 bits per heavy atom. The second-order valence-electron chi connectivity index (χ2n) is 15.0. The summed E-state index contributed by atoms with van der Waals surface area (Å²) < 4.78 is 20.5. The molecule has 0 radical (unpaired) electrons. The van der Waals surface area contributed by atoms with E-state index in [1.165, 1.54) is 0 Å². The van der Waals surface area contributed by atoms with E-state index in [0.717, 1.165) is 31.3 Å². The van der Waals surface area contributed by atoms with Gasteiger partial charge in [-0.05, 0) is 94.9 Å². The fourth-order valence-electron chi connectivity index (χ4n) is 5.39. The Morgan fingerprint density at radius 1 is 0.836 bits per heavy atom. The molecule has 2 heterocycles. The first-order valence-electron chi connectivity index (χ1n) is 18.6. The summed E-state index contributed by atoms with van der Waals surface area (Å²) in [7, 11) is 0. The predicted octanol–water partition coefficient (Wildman–Crippen LogP) is 3.61. The fraction of sp³-hybridized carbons (Fsp3) is 0.730. The van der Waals surface area contributed by atoms with E-state index < -0.39 is 29.4 Å². The third-order valence-corrected chi connectivity index (χ3v) is 7.48. The molecule has 2 aliphatic rings. The molecular formula is C37H62N10O8. The number of carbonyl (C=O) groups excluding carboxylic acids is 4. The van der Waals surface area contributed by atoms with Crippen molar-refractivity contribution in [3.8, 4) is 12.4 Å². The number of likely N-dealkylation sites (tertiary alicyclic amines) is 2. The molecule has 0 saturated carbocycles. The highest BCUT2D eigenvalue weighted by Crippen LogP contribution is 2.16. The molecule has 0 bridgehead atoms. The number of hydrogen-bond acceptors (Lipinski definition) is 12. The molecule has 0 aromatic heterocycles. The Hall–Kier alpha value is -5.26. The summed E-state index contributed by atoms with van der Waals surface area (Å²) in [6.07, 6.45) is 7.89. The smallest absolute Gasteiger partial charge is 0.407 e. The Balaban J connectivity index is 0.000000559. The molecule has 2 atom stereocenters. The summed E-state index contributed by atoms with van der Waals surface area (Å²) in [6, 6.07) is -0.276. The summed E-state index contributed by atoms with van der Waals surface area (Å²) in [6.45, 7) is 21.3. The van der Waals surface area contributed by atoms with Crippen molar-refractivity contribution in [1.29, 1.82) is 10.5 Å². The molecule has 2 amide bonds. The summed E-state index contributed by atoms with van der Waals surface area (Å²) >= 11 is 0. The lowest BCUT2D eigenvalue weighted by molar-refractivity contribution is -0.143. The number of ether oxygens (including phenoxy) is 4. The van der Waals surface area contributed by atoms with Crippen molar-refractivity contribution in [3.05, 3.63) is 11.6 Å². The van der Waals surface area contributed by atoms with E-state index in [2.05, 4.69) is 25.9 Å². The van der Waals surface area contributed by atoms with Crippen molar-refractivity contribution in [1.82, 2.24) is 30.7 Å². The Bertz CT molecular complexity index is 1430. The molecule has 18 heteroatoms. The maximum Gasteiger partial charge on any atom is 0.407 e. The zero-order valence-electron chi connectivity index (χ0n) is 34.3. The number of rotatable bonds is 10. The van der Waals surface area contributed by atoms with Gasteiger partial charge in [-0.25, -0.2) is 14.6 Å². The molecule has 308 valence electrons. The zero-order chi connectivity index (χ0) is 41.6. The van der Waals surface area contributed by atoms with Gasteiger partial charge in [0.15, 0.2) is 6.19 Å². The maximum absolute atomic E-state index is 12.1. The van der Waals surface area contributed by atoms with Crippen LogP contribution in [0.4, 0.5) is 9.59 Å². The number of carbonyl (C=O) groups is 4. The molecule has 0 aromatic rings. The Morgan fingerprint density at radius 3 is 1.82 bits per heavy atom. The van der Waals surface area contributed by atoms with E-state index in [1.54, 1.807) is 39.5 Å². The first kappa shape index (κ1) is 47.8. The fourth-order valence-corrected chi connectivity index (χ4v) is 5.39. The lowest BCUT2D eigenvalue weighted by Crippen LogP contribution is -2.55. The van der Waals surface area contributed by atoms with Crippen LogP contribution in [0, 0.1) is 22.9 Å². The average molecular weight is 775 g/mol. The number of aliphatic imine (C=N–C) groups is 2. The number of piperidine rings is 2. The predicted molar refractivity (Wildman–Crippen MR) is 206 cm³/mol. The molecule has 0 spiro atoms. The van der Waals surface area contributed by atoms with Crippen LogP contribution in [0.2, 0.25) is 0 Å². The van der Waals surface area contributed by atoms with Gasteiger partial charge in [0.25, 0.3) is 0 Å². The molecule has 3 N–H and O–H groups in total. The van der Waals surface area contributed by atoms with Crippen LogP contribution in [0.1, 0.15) is 94.9 Å². The number of nitrogens with zero attached hydrogens (tertiary/aromatic N) is 7. The first-order valence-corrected chi connectivity index (χ1v) is 18.6. The third kappa shape index (κ3) is 21.3. The molecule has 0 unspecified atom stereocenters. The number of hydrogen-bond donors (Lipinski definition) is 3. The average Bonchev–Trinajstić information content (AvgIpc) is 3.06. The summed E-state index contributed by atoms with van der Waals surface area (Å²) in [4.78, 5) is 61.2. The van der Waals surface area contributed by atoms with Gasteiger partial charge in [-0.1, -0.05) is 11.6 Å². The lowest BCUT2D eigenvalue weighted by Gasteiger charge is -2.38. The SMILES string of the molecule is CCOC(=O)CN(CC=C(C)C)C(=NC#N)N1CCC[C@@H](NC(=O)OC(C)(C)C)C1.CCOC(=O)CN=C(NC#N)N1CCC[C@@H](NC(=O)OC(C)(C)C)C1. The number of guanidine groups is 2. The van der Waals surface area contributed by atoms with Crippen molar-refractivity contribution in [2.24, 2.45) is 9.98 Å². The molecule has 2 fully saturated rings. The minimum absolute atomic E-state index is 0.0151. The topological polar surface area (TPSA) is 223 Å². The van der Waals surface area contributed by atoms with Crippen molar-refractivity contribution >= 4 is 36.0 Å². The number of alkyl carbamates (subject to hydrolysis) is 2. The van der Waals surface area contributed by atoms with Crippen molar-refractivity contribution < 1.29 is 38.1 Å². The number of nitriles is 2. The standard InChI is InChI=1S/C21H35N5O4.C16H27N5O4/c1-7-29-18(27)14-26(12-10-16(2)3)19(23-15-22)25-11-8-9-17(13-25)24-20(28)30-21(4,5)6;1-5-24-13(22)9-18-14(19-11-17)21-8-6-7-12(10-21)20-15(23)25-16(2,3)4/h10,17H,7-9,11-14H2,1-6H3,(H,24,28);12H,5-10H2,1-4H3,(H,18,19)(H,20,23)/t17-;12-/m11/s1. The summed E-state index contributed by atoms with van der Waals surface area (Å²) in [5, 5.41) is 26.4. The monoisotopic (exact) mass is 774 g/mol. The van der Waals surface area contributed by atoms with Gasteiger partial charge in [0.2, 0.25) is 18.1 Å². The van der Waals surface area contributed by atoms with E-state index >= 15 is 0 Å². The molecule has 0 aliphatic carbocycles. The molecule has 0 aromatic carbocycles. The van der Waals surface area contributed by atoms with Crippen LogP contribution in [0.25, 0.3) is 0 Å². The minimum atomic E-state index is -0.577. The van der Waals surface area contributed by atoms with Gasteiger partial charge in [0.05, 0.1) is 13.2 Å². The molecule has 2 aliphatic heterocycles. The number of nitrogens with one attached hydrogen (secondary N) is 3. The van der Waals surface area contributed by atoms with Crippen LogP contribution in [0.5, 0.6) is 0 Å². The van der Waals surface area contributed by atoms with Gasteiger partial charge in [-0.3, -0.25) is 14.9 Å². The summed E-state index contributed by atoms with van der Waals surface area (Å²) in [5.41, 5.74) is -0.0528. The van der Waals surface area contributed by atoms with Gasteiger partial charge >= 0.3 is 24.1 Å². The number of esters is 2. The third-order valence-electron chi connectivity index (χ3n) is 7.48. The van der Waals surface area contributed by atoms with Crippen LogP contribution in [0.3, 0.4) is 0 Å². The minimum Gasteiger partial charge on any atom is -0.465 e. The highest BCUT2D eigenvalue weighted by atomic mass is 16.6. The molecule has 55 heavy (non-hydrogen) atoms. The highest BCUT2D eigenvalue weighted by molar-refractivity contribution is 5.86. The first-order chi connectivity index (χ1) is 25.8. The normalized spacial score (nSPS) is 17.5. The van der Waals surface area contributed by atoms with E-state index in [0.29, 0.717) is 44.6 Å². The zero-order valence-corrected chi connectivity index (χ0v) is 34.3. The van der Waals surface area contributed by atoms with Gasteiger partial charge in [0, 0.05) is 44.8 Å². The largest absolute Gasteiger partial charge is 0.465 e. The highest BCUT2D eigenvalue weighted by Gasteiger charge is 2.29. The van der Waals surface area contributed by atoms with Crippen LogP contribution < -0.4 is 16.0 Å². The van der Waals surface area contributed by atoms with Gasteiger partial charge in [0.1, 0.15) is 24.3 Å². The molecule has 2 saturated heterocycles. The number of allylic oxidation sites excluding steroid dienone is 1. The Kier molecular flexibility index (Phi) is 21.0. The van der Waals surface area contributed by atoms with Crippen LogP contribution in [-0.4, -0.2) is 133 Å². The van der Waals surface area contributed by atoms with Gasteiger partial charge < -0.3 is 44.3 Å². The van der Waals surface area contributed by atoms with Crippen molar-refractivity contribution in [2.75, 3.05) is 59.0 Å². The molecule has 2 rings (SSSR count). The quantitative estimate of drug-likeness (QED) is 0.0549. The molecular weight excluding hydrogens is 712 g/mol. The van der Waals surface area contributed by atoms with Crippen LogP contribution in [0.15, 0.2) is 21.6 Å². The maximum atomic E-state index is 12.1. The van der Waals surface area contributed by atoms with Gasteiger partial charge in [-0.15, -0.1) is 4.99 Å². The lowest BCUT2D eigenvalue weighted by atomic mass is 10.1. The molecule has 18 nitrogen and oxygen atoms in total. The number of amides is 2. The van der Waals surface area contributed by atoms with Crippen LogP contribution >= 0.6 is 0 Å². The van der Waals surface area contributed by atoms with Crippen LogP contribution in [-0.2, 0) is 28.5 Å².